The number of carbonyl (C=O) groups excluding carboxylic acids is 1. The molecule has 2 aromatic rings. The molecule has 0 atom stereocenters. The molecule has 1 aromatic carbocycles. The first-order valence-electron chi connectivity index (χ1n) is 5.90. The molecule has 0 aliphatic heterocycles. The van der Waals surface area contributed by atoms with Crippen molar-refractivity contribution in [3.05, 3.63) is 56.1 Å². The van der Waals surface area contributed by atoms with Crippen molar-refractivity contribution in [2.75, 3.05) is 7.11 Å². The molecule has 0 unspecified atom stereocenters. The van der Waals surface area contributed by atoms with Crippen LogP contribution in [0.5, 0.6) is 0 Å². The molecule has 0 amide bonds. The number of aromatic nitrogens is 1. The van der Waals surface area contributed by atoms with Gasteiger partial charge in [-0.05, 0) is 18.1 Å². The van der Waals surface area contributed by atoms with Crippen LogP contribution in [0.2, 0.25) is 0 Å². The topological polar surface area (TPSA) is 48.3 Å². The molecule has 0 aliphatic carbocycles. The number of methoxy groups -OCH3 is 1. The van der Waals surface area contributed by atoms with Gasteiger partial charge in [-0.3, -0.25) is 14.2 Å². The number of thiazole rings is 1. The van der Waals surface area contributed by atoms with Gasteiger partial charge in [-0.2, -0.15) is 0 Å². The molecule has 0 saturated carbocycles. The molecule has 5 heteroatoms. The SMILES string of the molecule is COC(=O)Cc1ccccc1Cn1c(C)csc1=O. The molecule has 1 heterocycles. The van der Waals surface area contributed by atoms with Gasteiger partial charge in [0.2, 0.25) is 0 Å². The lowest BCUT2D eigenvalue weighted by atomic mass is 10.0. The molecule has 100 valence electrons. The Hall–Kier alpha value is -1.88. The summed E-state index contributed by atoms with van der Waals surface area (Å²) in [6.07, 6.45) is 0.227. The minimum Gasteiger partial charge on any atom is -0.469 e. The lowest BCUT2D eigenvalue weighted by Crippen LogP contribution is -2.17. The predicted octanol–water partition coefficient (Wildman–Crippen LogP) is 1.98. The molecule has 0 fully saturated rings. The van der Waals surface area contributed by atoms with E-state index in [4.69, 9.17) is 0 Å². The summed E-state index contributed by atoms with van der Waals surface area (Å²) in [5, 5.41) is 1.84. The first-order chi connectivity index (χ1) is 9.11. The number of ether oxygens (including phenoxy) is 1. The van der Waals surface area contributed by atoms with Gasteiger partial charge in [-0.1, -0.05) is 35.6 Å². The molecule has 0 N–H and O–H groups in total. The molecule has 0 bridgehead atoms. The minimum absolute atomic E-state index is 0.0189. The second-order valence-electron chi connectivity index (χ2n) is 4.25. The third-order valence-corrected chi connectivity index (χ3v) is 3.87. The van der Waals surface area contributed by atoms with Crippen molar-refractivity contribution in [2.24, 2.45) is 0 Å². The van der Waals surface area contributed by atoms with Crippen LogP contribution in [0.3, 0.4) is 0 Å². The fourth-order valence-corrected chi connectivity index (χ4v) is 2.61. The summed E-state index contributed by atoms with van der Waals surface area (Å²) < 4.78 is 6.40. The highest BCUT2D eigenvalue weighted by atomic mass is 32.1. The fourth-order valence-electron chi connectivity index (χ4n) is 1.88. The van der Waals surface area contributed by atoms with E-state index in [0.717, 1.165) is 16.8 Å². The third-order valence-electron chi connectivity index (χ3n) is 2.99. The highest BCUT2D eigenvalue weighted by Gasteiger charge is 2.10. The predicted molar refractivity (Wildman–Crippen MR) is 74.6 cm³/mol. The first-order valence-corrected chi connectivity index (χ1v) is 6.78. The van der Waals surface area contributed by atoms with Crippen LogP contribution in [0.15, 0.2) is 34.4 Å². The van der Waals surface area contributed by atoms with Crippen molar-refractivity contribution in [1.82, 2.24) is 4.57 Å². The van der Waals surface area contributed by atoms with Crippen molar-refractivity contribution in [3.8, 4) is 0 Å². The normalized spacial score (nSPS) is 10.4. The molecule has 19 heavy (non-hydrogen) atoms. The van der Waals surface area contributed by atoms with Crippen molar-refractivity contribution >= 4 is 17.3 Å². The largest absolute Gasteiger partial charge is 0.469 e. The molecule has 0 aliphatic rings. The van der Waals surface area contributed by atoms with E-state index >= 15 is 0 Å². The standard InChI is InChI=1S/C14H15NO3S/c1-10-9-19-14(17)15(10)8-12-6-4-3-5-11(12)7-13(16)18-2/h3-6,9H,7-8H2,1-2H3. The van der Waals surface area contributed by atoms with Crippen LogP contribution in [0, 0.1) is 6.92 Å². The molecule has 0 saturated heterocycles. The lowest BCUT2D eigenvalue weighted by Gasteiger charge is -2.10. The van der Waals surface area contributed by atoms with Crippen LogP contribution >= 0.6 is 11.3 Å². The highest BCUT2D eigenvalue weighted by molar-refractivity contribution is 7.07. The van der Waals surface area contributed by atoms with E-state index in [-0.39, 0.29) is 17.3 Å². The maximum Gasteiger partial charge on any atom is 0.309 e. The summed E-state index contributed by atoms with van der Waals surface area (Å²) in [4.78, 5) is 23.1. The molecular weight excluding hydrogens is 262 g/mol. The third kappa shape index (κ3) is 3.12. The number of benzene rings is 1. The van der Waals surface area contributed by atoms with E-state index < -0.39 is 0 Å². The van der Waals surface area contributed by atoms with E-state index in [1.54, 1.807) is 4.57 Å². The Bertz CT molecular complexity index is 642. The average Bonchev–Trinajstić information content (AvgIpc) is 2.72. The van der Waals surface area contributed by atoms with Crippen molar-refractivity contribution in [3.63, 3.8) is 0 Å². The summed E-state index contributed by atoms with van der Waals surface area (Å²) in [6.45, 7) is 2.39. The number of hydrogen-bond acceptors (Lipinski definition) is 4. The van der Waals surface area contributed by atoms with Gasteiger partial charge in [0.15, 0.2) is 0 Å². The summed E-state index contributed by atoms with van der Waals surface area (Å²) in [5.41, 5.74) is 2.80. The smallest absolute Gasteiger partial charge is 0.309 e. The number of rotatable bonds is 4. The van der Waals surface area contributed by atoms with Gasteiger partial charge >= 0.3 is 10.8 Å². The van der Waals surface area contributed by atoms with E-state index in [0.29, 0.717) is 6.54 Å². The van der Waals surface area contributed by atoms with Gasteiger partial charge in [-0.15, -0.1) is 0 Å². The Morgan fingerprint density at radius 1 is 1.32 bits per heavy atom. The van der Waals surface area contributed by atoms with Crippen molar-refractivity contribution < 1.29 is 9.53 Å². The zero-order valence-corrected chi connectivity index (χ0v) is 11.7. The van der Waals surface area contributed by atoms with Crippen molar-refractivity contribution in [1.29, 1.82) is 0 Å². The van der Waals surface area contributed by atoms with Gasteiger partial charge in [-0.25, -0.2) is 0 Å². The Morgan fingerprint density at radius 2 is 2.00 bits per heavy atom. The van der Waals surface area contributed by atoms with Gasteiger partial charge in [0.05, 0.1) is 20.1 Å². The minimum atomic E-state index is -0.276. The quantitative estimate of drug-likeness (QED) is 0.803. The van der Waals surface area contributed by atoms with E-state index in [2.05, 4.69) is 4.74 Å². The molecule has 0 spiro atoms. The summed E-state index contributed by atoms with van der Waals surface area (Å²) in [7, 11) is 1.37. The summed E-state index contributed by atoms with van der Waals surface area (Å²) in [5.74, 6) is -0.276. The van der Waals surface area contributed by atoms with Crippen LogP contribution in [0.1, 0.15) is 16.8 Å². The van der Waals surface area contributed by atoms with Crippen LogP contribution in [-0.2, 0) is 22.5 Å². The Labute approximate surface area is 115 Å². The van der Waals surface area contributed by atoms with Crippen molar-refractivity contribution in [2.45, 2.75) is 19.9 Å². The van der Waals surface area contributed by atoms with Gasteiger partial charge < -0.3 is 4.74 Å². The molecular formula is C14H15NO3S. The molecule has 4 nitrogen and oxygen atoms in total. The number of esters is 1. The lowest BCUT2D eigenvalue weighted by molar-refractivity contribution is -0.139. The van der Waals surface area contributed by atoms with Crippen LogP contribution in [0.25, 0.3) is 0 Å². The maximum absolute atomic E-state index is 11.7. The van der Waals surface area contributed by atoms with Gasteiger partial charge in [0.25, 0.3) is 0 Å². The number of hydrogen-bond donors (Lipinski definition) is 0. The summed E-state index contributed by atoms with van der Waals surface area (Å²) in [6, 6.07) is 7.61. The first kappa shape index (κ1) is 13.5. The number of aryl methyl sites for hydroxylation is 1. The van der Waals surface area contributed by atoms with Gasteiger partial charge in [0, 0.05) is 11.1 Å². The zero-order chi connectivity index (χ0) is 13.8. The van der Waals surface area contributed by atoms with Crippen LogP contribution in [-0.4, -0.2) is 17.6 Å². The highest BCUT2D eigenvalue weighted by Crippen LogP contribution is 2.13. The molecule has 1 aromatic heterocycles. The Kier molecular flexibility index (Phi) is 4.16. The number of nitrogens with zero attached hydrogens (tertiary/aromatic N) is 1. The van der Waals surface area contributed by atoms with E-state index in [9.17, 15) is 9.59 Å². The second-order valence-corrected chi connectivity index (χ2v) is 5.07. The van der Waals surface area contributed by atoms with Gasteiger partial charge in [0.1, 0.15) is 0 Å². The monoisotopic (exact) mass is 277 g/mol. The Morgan fingerprint density at radius 3 is 2.58 bits per heavy atom. The molecule has 0 radical (unpaired) electrons. The zero-order valence-electron chi connectivity index (χ0n) is 10.9. The average molecular weight is 277 g/mol. The maximum atomic E-state index is 11.7. The fraction of sp³-hybridized carbons (Fsp3) is 0.286. The second kappa shape index (κ2) is 5.84. The van der Waals surface area contributed by atoms with Crippen LogP contribution < -0.4 is 4.87 Å². The molecule has 2 rings (SSSR count). The number of carbonyl (C=O) groups is 1. The Balaban J connectivity index is 2.30. The van der Waals surface area contributed by atoms with Crippen LogP contribution in [0.4, 0.5) is 0 Å². The summed E-state index contributed by atoms with van der Waals surface area (Å²) >= 11 is 1.19. The van der Waals surface area contributed by atoms with E-state index in [1.807, 2.05) is 36.6 Å². The van der Waals surface area contributed by atoms with E-state index in [1.165, 1.54) is 18.4 Å².